The van der Waals surface area contributed by atoms with Crippen LogP contribution in [0.5, 0.6) is 0 Å². The molecule has 1 aliphatic carbocycles. The number of nitrogens with zero attached hydrogens (tertiary/aromatic N) is 1. The van der Waals surface area contributed by atoms with Crippen LogP contribution < -0.4 is 5.32 Å². The molecular weight excluding hydrogens is 214 g/mol. The van der Waals surface area contributed by atoms with Crippen LogP contribution in [0.4, 0.5) is 0 Å². The number of rotatable bonds is 6. The normalized spacial score (nSPS) is 25.0. The largest absolute Gasteiger partial charge is 0.381 e. The van der Waals surface area contributed by atoms with Crippen molar-refractivity contribution in [3.8, 4) is 0 Å². The van der Waals surface area contributed by atoms with Crippen molar-refractivity contribution in [1.82, 2.24) is 15.3 Å². The van der Waals surface area contributed by atoms with E-state index in [1.165, 1.54) is 25.7 Å². The number of aromatic amines is 1. The first-order chi connectivity index (χ1) is 8.38. The van der Waals surface area contributed by atoms with Crippen LogP contribution in [0.2, 0.25) is 0 Å². The van der Waals surface area contributed by atoms with Crippen LogP contribution in [0.1, 0.15) is 37.9 Å². The Morgan fingerprint density at radius 3 is 2.88 bits per heavy atom. The molecule has 0 aliphatic heterocycles. The van der Waals surface area contributed by atoms with Gasteiger partial charge < -0.3 is 15.0 Å². The van der Waals surface area contributed by atoms with E-state index in [2.05, 4.69) is 15.3 Å². The van der Waals surface area contributed by atoms with Gasteiger partial charge >= 0.3 is 0 Å². The average Bonchev–Trinajstić information content (AvgIpc) is 2.88. The van der Waals surface area contributed by atoms with Gasteiger partial charge in [0.2, 0.25) is 0 Å². The molecule has 0 spiro atoms. The summed E-state index contributed by atoms with van der Waals surface area (Å²) in [5, 5.41) is 3.63. The molecule has 0 aromatic carbocycles. The summed E-state index contributed by atoms with van der Waals surface area (Å²) in [4.78, 5) is 7.36. The SMILES string of the molecule is COC1CCC(NCCCc2ncc[nH]2)CC1. The zero-order chi connectivity index (χ0) is 11.9. The van der Waals surface area contributed by atoms with Crippen molar-refractivity contribution in [2.24, 2.45) is 0 Å². The van der Waals surface area contributed by atoms with Gasteiger partial charge in [0, 0.05) is 32.0 Å². The first-order valence-corrected chi connectivity index (χ1v) is 6.63. The Balaban J connectivity index is 1.54. The molecule has 96 valence electrons. The van der Waals surface area contributed by atoms with E-state index < -0.39 is 0 Å². The predicted octanol–water partition coefficient (Wildman–Crippen LogP) is 1.89. The van der Waals surface area contributed by atoms with E-state index in [1.807, 2.05) is 19.5 Å². The quantitative estimate of drug-likeness (QED) is 0.743. The minimum Gasteiger partial charge on any atom is -0.381 e. The van der Waals surface area contributed by atoms with Crippen LogP contribution in [0.25, 0.3) is 0 Å². The zero-order valence-corrected chi connectivity index (χ0v) is 10.6. The fourth-order valence-corrected chi connectivity index (χ4v) is 2.50. The Morgan fingerprint density at radius 2 is 2.24 bits per heavy atom. The van der Waals surface area contributed by atoms with Gasteiger partial charge in [0.25, 0.3) is 0 Å². The maximum atomic E-state index is 5.37. The molecule has 1 heterocycles. The van der Waals surface area contributed by atoms with Gasteiger partial charge in [0.1, 0.15) is 5.82 Å². The van der Waals surface area contributed by atoms with Crippen molar-refractivity contribution >= 4 is 0 Å². The molecular formula is C13H23N3O. The van der Waals surface area contributed by atoms with Gasteiger partial charge in [-0.1, -0.05) is 0 Å². The molecule has 17 heavy (non-hydrogen) atoms. The topological polar surface area (TPSA) is 49.9 Å². The monoisotopic (exact) mass is 237 g/mol. The molecule has 1 saturated carbocycles. The van der Waals surface area contributed by atoms with E-state index in [1.54, 1.807) is 0 Å². The molecule has 1 aromatic heterocycles. The number of nitrogens with one attached hydrogen (secondary N) is 2. The van der Waals surface area contributed by atoms with Gasteiger partial charge in [0.05, 0.1) is 6.10 Å². The maximum Gasteiger partial charge on any atom is 0.106 e. The smallest absolute Gasteiger partial charge is 0.106 e. The lowest BCUT2D eigenvalue weighted by atomic mass is 9.93. The van der Waals surface area contributed by atoms with Crippen LogP contribution in [-0.4, -0.2) is 35.8 Å². The highest BCUT2D eigenvalue weighted by molar-refractivity contribution is 4.87. The number of imidazole rings is 1. The van der Waals surface area contributed by atoms with Crippen molar-refractivity contribution in [3.63, 3.8) is 0 Å². The number of hydrogen-bond donors (Lipinski definition) is 2. The summed E-state index contributed by atoms with van der Waals surface area (Å²) in [5.41, 5.74) is 0. The first kappa shape index (κ1) is 12.6. The Morgan fingerprint density at radius 1 is 1.41 bits per heavy atom. The van der Waals surface area contributed by atoms with E-state index in [-0.39, 0.29) is 0 Å². The predicted molar refractivity (Wildman–Crippen MR) is 68.0 cm³/mol. The summed E-state index contributed by atoms with van der Waals surface area (Å²) in [6, 6.07) is 0.693. The summed E-state index contributed by atoms with van der Waals surface area (Å²) in [5.74, 6) is 1.09. The fourth-order valence-electron chi connectivity index (χ4n) is 2.50. The van der Waals surface area contributed by atoms with Gasteiger partial charge in [-0.25, -0.2) is 4.98 Å². The molecule has 0 unspecified atom stereocenters. The lowest BCUT2D eigenvalue weighted by Crippen LogP contribution is -2.35. The van der Waals surface area contributed by atoms with E-state index >= 15 is 0 Å². The van der Waals surface area contributed by atoms with Crippen LogP contribution in [0.15, 0.2) is 12.4 Å². The van der Waals surface area contributed by atoms with Crippen molar-refractivity contribution in [2.75, 3.05) is 13.7 Å². The molecule has 2 rings (SSSR count). The third kappa shape index (κ3) is 4.13. The van der Waals surface area contributed by atoms with Crippen molar-refractivity contribution in [1.29, 1.82) is 0 Å². The first-order valence-electron chi connectivity index (χ1n) is 6.63. The Kier molecular flexibility index (Phi) is 5.01. The summed E-state index contributed by atoms with van der Waals surface area (Å²) in [7, 11) is 1.82. The van der Waals surface area contributed by atoms with Crippen molar-refractivity contribution in [2.45, 2.75) is 50.7 Å². The van der Waals surface area contributed by atoms with Crippen LogP contribution in [-0.2, 0) is 11.2 Å². The molecule has 0 bridgehead atoms. The molecule has 0 saturated heterocycles. The van der Waals surface area contributed by atoms with Crippen LogP contribution in [0.3, 0.4) is 0 Å². The number of H-pyrrole nitrogens is 1. The summed E-state index contributed by atoms with van der Waals surface area (Å²) in [6.07, 6.45) is 11.3. The lowest BCUT2D eigenvalue weighted by molar-refractivity contribution is 0.0626. The molecule has 0 radical (unpaired) electrons. The highest BCUT2D eigenvalue weighted by Gasteiger charge is 2.19. The second-order valence-electron chi connectivity index (χ2n) is 4.80. The molecule has 0 atom stereocenters. The van der Waals surface area contributed by atoms with Crippen molar-refractivity contribution in [3.05, 3.63) is 18.2 Å². The summed E-state index contributed by atoms with van der Waals surface area (Å²) >= 11 is 0. The van der Waals surface area contributed by atoms with E-state index in [9.17, 15) is 0 Å². The van der Waals surface area contributed by atoms with E-state index in [0.29, 0.717) is 12.1 Å². The van der Waals surface area contributed by atoms with Gasteiger partial charge in [-0.3, -0.25) is 0 Å². The summed E-state index contributed by atoms with van der Waals surface area (Å²) < 4.78 is 5.37. The van der Waals surface area contributed by atoms with E-state index in [4.69, 9.17) is 4.74 Å². The second-order valence-corrected chi connectivity index (χ2v) is 4.80. The van der Waals surface area contributed by atoms with E-state index in [0.717, 1.165) is 25.2 Å². The highest BCUT2D eigenvalue weighted by atomic mass is 16.5. The number of hydrogen-bond acceptors (Lipinski definition) is 3. The lowest BCUT2D eigenvalue weighted by Gasteiger charge is -2.28. The highest BCUT2D eigenvalue weighted by Crippen LogP contribution is 2.20. The number of aryl methyl sites for hydroxylation is 1. The molecule has 1 aliphatic rings. The summed E-state index contributed by atoms with van der Waals surface area (Å²) in [6.45, 7) is 1.09. The Hall–Kier alpha value is -0.870. The molecule has 4 heteroatoms. The third-order valence-electron chi connectivity index (χ3n) is 3.59. The average molecular weight is 237 g/mol. The molecule has 4 nitrogen and oxygen atoms in total. The molecule has 1 fully saturated rings. The van der Waals surface area contributed by atoms with Gasteiger partial charge in [0.15, 0.2) is 0 Å². The number of aromatic nitrogens is 2. The molecule has 2 N–H and O–H groups in total. The Bertz CT molecular complexity index is 292. The third-order valence-corrected chi connectivity index (χ3v) is 3.59. The van der Waals surface area contributed by atoms with Crippen LogP contribution >= 0.6 is 0 Å². The number of methoxy groups -OCH3 is 1. The molecule has 0 amide bonds. The fraction of sp³-hybridized carbons (Fsp3) is 0.769. The van der Waals surface area contributed by atoms with Gasteiger partial charge in [-0.05, 0) is 38.6 Å². The van der Waals surface area contributed by atoms with Crippen molar-refractivity contribution < 1.29 is 4.74 Å². The Labute approximate surface area is 103 Å². The zero-order valence-electron chi connectivity index (χ0n) is 10.6. The second kappa shape index (κ2) is 6.77. The van der Waals surface area contributed by atoms with Gasteiger partial charge in [-0.2, -0.15) is 0 Å². The number of ether oxygens (including phenoxy) is 1. The maximum absolute atomic E-state index is 5.37. The van der Waals surface area contributed by atoms with Gasteiger partial charge in [-0.15, -0.1) is 0 Å². The minimum atomic E-state index is 0.496. The minimum absolute atomic E-state index is 0.496. The molecule has 1 aromatic rings. The standard InChI is InChI=1S/C13H23N3O/c1-17-12-6-4-11(5-7-12)14-8-2-3-13-15-9-10-16-13/h9-12,14H,2-8H2,1H3,(H,15,16). The van der Waals surface area contributed by atoms with Crippen LogP contribution in [0, 0.1) is 0 Å².